The third-order valence-electron chi connectivity index (χ3n) is 6.54. The number of nitrogens with one attached hydrogen (secondary N) is 1. The summed E-state index contributed by atoms with van der Waals surface area (Å²) >= 11 is 0. The van der Waals surface area contributed by atoms with E-state index in [1.165, 1.54) is 9.80 Å². The Morgan fingerprint density at radius 3 is 1.42 bits per heavy atom. The first-order chi connectivity index (χ1) is 14.9. The number of ether oxygens (including phenoxy) is 2. The van der Waals surface area contributed by atoms with Gasteiger partial charge in [0.15, 0.2) is 0 Å². The molecule has 0 bridgehead atoms. The molecule has 9 heteroatoms. The summed E-state index contributed by atoms with van der Waals surface area (Å²) in [5.41, 5.74) is -2.55. The zero-order chi connectivity index (χ0) is 25.2. The van der Waals surface area contributed by atoms with Crippen molar-refractivity contribution < 1.29 is 27.8 Å². The summed E-state index contributed by atoms with van der Waals surface area (Å²) in [6.07, 6.45) is -2.44. The minimum absolute atomic E-state index is 0.0130. The van der Waals surface area contributed by atoms with E-state index in [1.54, 1.807) is 41.5 Å². The van der Waals surface area contributed by atoms with Crippen molar-refractivity contribution in [2.45, 2.75) is 91.8 Å². The van der Waals surface area contributed by atoms with Crippen molar-refractivity contribution in [3.05, 3.63) is 0 Å². The summed E-state index contributed by atoms with van der Waals surface area (Å²) in [7, 11) is 0. The minimum atomic E-state index is -1.21. The normalized spacial score (nSPS) is 31.3. The van der Waals surface area contributed by atoms with Gasteiger partial charge >= 0.3 is 12.2 Å². The van der Waals surface area contributed by atoms with Crippen molar-refractivity contribution in [1.29, 1.82) is 0 Å². The molecule has 4 atom stereocenters. The lowest BCUT2D eigenvalue weighted by Crippen LogP contribution is -2.57. The van der Waals surface area contributed by atoms with E-state index in [2.05, 4.69) is 5.32 Å². The molecule has 2 heterocycles. The van der Waals surface area contributed by atoms with Gasteiger partial charge in [0.25, 0.3) is 0 Å². The summed E-state index contributed by atoms with van der Waals surface area (Å²) in [6.45, 7) is 16.0. The van der Waals surface area contributed by atoms with Crippen molar-refractivity contribution in [2.24, 2.45) is 10.8 Å². The van der Waals surface area contributed by atoms with E-state index in [1.807, 2.05) is 13.8 Å². The smallest absolute Gasteiger partial charge is 0.410 e. The van der Waals surface area contributed by atoms with Gasteiger partial charge in [-0.05, 0) is 54.4 Å². The van der Waals surface area contributed by atoms with Gasteiger partial charge in [-0.1, -0.05) is 13.8 Å². The fourth-order valence-corrected chi connectivity index (χ4v) is 4.12. The molecule has 2 aliphatic rings. The number of alkyl halides is 2. The van der Waals surface area contributed by atoms with E-state index < -0.39 is 46.6 Å². The fourth-order valence-electron chi connectivity index (χ4n) is 4.12. The predicted molar refractivity (Wildman–Crippen MR) is 124 cm³/mol. The van der Waals surface area contributed by atoms with Crippen LogP contribution in [-0.4, -0.2) is 84.8 Å². The lowest BCUT2D eigenvalue weighted by molar-refractivity contribution is -0.0219. The Morgan fingerprint density at radius 2 is 1.15 bits per heavy atom. The van der Waals surface area contributed by atoms with Gasteiger partial charge in [0.2, 0.25) is 0 Å². The number of hydrogen-bond donors (Lipinski definition) is 1. The molecule has 7 nitrogen and oxygen atoms in total. The highest BCUT2D eigenvalue weighted by Gasteiger charge is 2.44. The molecule has 192 valence electrons. The van der Waals surface area contributed by atoms with E-state index in [4.69, 9.17) is 9.47 Å². The average Bonchev–Trinajstić information content (AvgIpc) is 2.63. The highest BCUT2D eigenvalue weighted by atomic mass is 19.1. The van der Waals surface area contributed by atoms with Gasteiger partial charge in [0.1, 0.15) is 23.5 Å². The Bertz CT molecular complexity index is 651. The van der Waals surface area contributed by atoms with E-state index in [-0.39, 0.29) is 13.1 Å². The maximum atomic E-state index is 15.1. The third-order valence-corrected chi connectivity index (χ3v) is 6.54. The summed E-state index contributed by atoms with van der Waals surface area (Å²) in [5.74, 6) is 0. The Morgan fingerprint density at radius 1 is 0.818 bits per heavy atom. The standard InChI is InChI=1S/C24H43F2N3O4/c1-21(2,3)32-19(30)28-11-9-23(7,17(25)13-28)15-27-16-24(8)10-12-29(14-18(24)26)20(31)33-22(4,5)6/h17-18,27H,9-16H2,1-8H3/t17-,18+,23+,24-. The van der Waals surface area contributed by atoms with Gasteiger partial charge in [-0.3, -0.25) is 0 Å². The van der Waals surface area contributed by atoms with Crippen molar-refractivity contribution >= 4 is 12.2 Å². The second kappa shape index (κ2) is 9.92. The topological polar surface area (TPSA) is 71.1 Å². The zero-order valence-electron chi connectivity index (χ0n) is 21.6. The number of nitrogens with zero attached hydrogens (tertiary/aromatic N) is 2. The third kappa shape index (κ3) is 7.69. The molecule has 2 fully saturated rings. The highest BCUT2D eigenvalue weighted by molar-refractivity contribution is 5.68. The first kappa shape index (κ1) is 27.6. The summed E-state index contributed by atoms with van der Waals surface area (Å²) in [4.78, 5) is 27.4. The molecule has 2 saturated heterocycles. The molecule has 33 heavy (non-hydrogen) atoms. The molecule has 0 radical (unpaired) electrons. The second-order valence-electron chi connectivity index (χ2n) is 12.2. The van der Waals surface area contributed by atoms with Crippen LogP contribution in [0.2, 0.25) is 0 Å². The van der Waals surface area contributed by atoms with Gasteiger partial charge in [-0.25, -0.2) is 18.4 Å². The van der Waals surface area contributed by atoms with Crippen molar-refractivity contribution in [2.75, 3.05) is 39.3 Å². The van der Waals surface area contributed by atoms with Gasteiger partial charge in [0.05, 0.1) is 13.1 Å². The van der Waals surface area contributed by atoms with E-state index in [0.29, 0.717) is 39.0 Å². The Hall–Kier alpha value is -1.64. The maximum absolute atomic E-state index is 15.1. The van der Waals surface area contributed by atoms with Crippen molar-refractivity contribution in [1.82, 2.24) is 15.1 Å². The Kier molecular flexibility index (Phi) is 8.30. The molecule has 0 unspecified atom stereocenters. The lowest BCUT2D eigenvalue weighted by Gasteiger charge is -2.45. The number of amides is 2. The van der Waals surface area contributed by atoms with Crippen molar-refractivity contribution in [3.63, 3.8) is 0 Å². The fraction of sp³-hybridized carbons (Fsp3) is 0.917. The van der Waals surface area contributed by atoms with E-state index in [9.17, 15) is 9.59 Å². The average molecular weight is 476 g/mol. The molecule has 0 aromatic rings. The Labute approximate surface area is 197 Å². The number of rotatable bonds is 4. The van der Waals surface area contributed by atoms with Crippen LogP contribution in [0.4, 0.5) is 18.4 Å². The molecular weight excluding hydrogens is 432 g/mol. The minimum Gasteiger partial charge on any atom is -0.444 e. The van der Waals surface area contributed by atoms with Crippen LogP contribution in [0.5, 0.6) is 0 Å². The van der Waals surface area contributed by atoms with Crippen LogP contribution in [0.3, 0.4) is 0 Å². The number of piperidine rings is 2. The van der Waals surface area contributed by atoms with E-state index in [0.717, 1.165) is 0 Å². The first-order valence-electron chi connectivity index (χ1n) is 11.9. The predicted octanol–water partition coefficient (Wildman–Crippen LogP) is 4.55. The molecule has 1 N–H and O–H groups in total. The van der Waals surface area contributed by atoms with Gasteiger partial charge in [-0.2, -0.15) is 0 Å². The zero-order valence-corrected chi connectivity index (χ0v) is 21.6. The van der Waals surface area contributed by atoms with Crippen LogP contribution >= 0.6 is 0 Å². The maximum Gasteiger partial charge on any atom is 0.410 e. The molecule has 0 aliphatic carbocycles. The number of carbonyl (C=O) groups excluding carboxylic acids is 2. The molecule has 2 amide bonds. The van der Waals surface area contributed by atoms with E-state index >= 15 is 8.78 Å². The molecule has 0 spiro atoms. The quantitative estimate of drug-likeness (QED) is 0.646. The lowest BCUT2D eigenvalue weighted by atomic mass is 9.76. The number of halogens is 2. The molecule has 0 aromatic heterocycles. The van der Waals surface area contributed by atoms with Crippen LogP contribution < -0.4 is 5.32 Å². The van der Waals surface area contributed by atoms with Crippen molar-refractivity contribution in [3.8, 4) is 0 Å². The largest absolute Gasteiger partial charge is 0.444 e. The number of likely N-dealkylation sites (tertiary alicyclic amines) is 2. The molecule has 2 aliphatic heterocycles. The molecule has 2 rings (SSSR count). The number of carbonyl (C=O) groups is 2. The van der Waals surface area contributed by atoms with Crippen LogP contribution in [0, 0.1) is 10.8 Å². The van der Waals surface area contributed by atoms with Crippen LogP contribution in [0.25, 0.3) is 0 Å². The molecular formula is C24H43F2N3O4. The van der Waals surface area contributed by atoms with Gasteiger partial charge in [-0.15, -0.1) is 0 Å². The Balaban J connectivity index is 1.84. The highest BCUT2D eigenvalue weighted by Crippen LogP contribution is 2.36. The second-order valence-corrected chi connectivity index (χ2v) is 12.2. The van der Waals surface area contributed by atoms with Crippen LogP contribution in [0.1, 0.15) is 68.2 Å². The summed E-state index contributed by atoms with van der Waals surface area (Å²) < 4.78 is 40.8. The summed E-state index contributed by atoms with van der Waals surface area (Å²) in [6, 6.07) is 0. The monoisotopic (exact) mass is 475 g/mol. The molecule has 0 saturated carbocycles. The van der Waals surface area contributed by atoms with Gasteiger partial charge in [0, 0.05) is 37.0 Å². The SMILES string of the molecule is CC(C)(C)OC(=O)N1CC[C@@](C)(CNC[C@@]2(C)CCN(C(=O)OC(C)(C)C)C[C@@H]2F)[C@H](F)C1. The van der Waals surface area contributed by atoms with Gasteiger partial charge < -0.3 is 24.6 Å². The summed E-state index contributed by atoms with van der Waals surface area (Å²) in [5, 5.41) is 3.28. The van der Waals surface area contributed by atoms with Crippen LogP contribution in [0.15, 0.2) is 0 Å². The number of hydrogen-bond acceptors (Lipinski definition) is 5. The molecule has 0 aromatic carbocycles. The van der Waals surface area contributed by atoms with Crippen LogP contribution in [-0.2, 0) is 9.47 Å². The first-order valence-corrected chi connectivity index (χ1v) is 11.9.